The molecule has 10 heteroatoms. The smallest absolute Gasteiger partial charge is 0.252 e. The van der Waals surface area contributed by atoms with Gasteiger partial charge in [-0.15, -0.1) is 24.0 Å². The first kappa shape index (κ1) is 24.0. The monoisotopic (exact) mass is 528 g/mol. The number of carbonyl (C=O) groups excluding carboxylic acids is 1. The minimum absolute atomic E-state index is 0. The Morgan fingerprint density at radius 3 is 2.48 bits per heavy atom. The summed E-state index contributed by atoms with van der Waals surface area (Å²) in [6.45, 7) is 5.08. The van der Waals surface area contributed by atoms with Crippen molar-refractivity contribution in [2.45, 2.75) is 18.6 Å². The van der Waals surface area contributed by atoms with Gasteiger partial charge in [0.25, 0.3) is 5.91 Å². The number of carbonyl (C=O) groups is 1. The summed E-state index contributed by atoms with van der Waals surface area (Å²) in [6, 6.07) is 6.86. The van der Waals surface area contributed by atoms with Gasteiger partial charge in [0.05, 0.1) is 21.1 Å². The van der Waals surface area contributed by atoms with E-state index in [9.17, 15) is 13.2 Å². The Balaban J connectivity index is 0.00000364. The molecule has 1 heterocycles. The fourth-order valence-corrected chi connectivity index (χ4v) is 4.34. The summed E-state index contributed by atoms with van der Waals surface area (Å²) in [5, 5.41) is 6.36. The van der Waals surface area contributed by atoms with Crippen LogP contribution in [0.3, 0.4) is 0 Å². The van der Waals surface area contributed by atoms with Gasteiger partial charge < -0.3 is 15.5 Å². The van der Waals surface area contributed by atoms with Crippen molar-refractivity contribution < 1.29 is 13.2 Å². The van der Waals surface area contributed by atoms with Crippen molar-refractivity contribution in [2.24, 2.45) is 4.99 Å². The zero-order valence-electron chi connectivity index (χ0n) is 15.7. The number of hydrogen-bond acceptors (Lipinski definition) is 4. The minimum atomic E-state index is -3.10. The molecule has 1 aromatic rings. The third-order valence-electron chi connectivity index (χ3n) is 4.37. The predicted molar refractivity (Wildman–Crippen MR) is 120 cm³/mol. The molecule has 0 saturated carbocycles. The fourth-order valence-electron chi connectivity index (χ4n) is 2.75. The molecule has 0 spiro atoms. The Kier molecular flexibility index (Phi) is 8.81. The van der Waals surface area contributed by atoms with E-state index >= 15 is 0 Å². The number of nitrogens with one attached hydrogen (secondary N) is 2. The third-order valence-corrected chi connectivity index (χ3v) is 7.23. The number of sulfone groups is 1. The van der Waals surface area contributed by atoms with Crippen molar-refractivity contribution in [3.05, 3.63) is 34.9 Å². The number of aliphatic imine (C=N–C) groups is 1. The molecular formula is C17H26ClIN4O3S. The first-order valence-electron chi connectivity index (χ1n) is 8.38. The lowest BCUT2D eigenvalue weighted by Gasteiger charge is -2.39. The van der Waals surface area contributed by atoms with Crippen LogP contribution in [0.15, 0.2) is 29.3 Å². The van der Waals surface area contributed by atoms with Gasteiger partial charge >= 0.3 is 0 Å². The van der Waals surface area contributed by atoms with Crippen molar-refractivity contribution in [1.82, 2.24) is 15.5 Å². The van der Waals surface area contributed by atoms with Crippen LogP contribution in [0.2, 0.25) is 5.02 Å². The molecule has 27 heavy (non-hydrogen) atoms. The maximum atomic E-state index is 12.1. The topological polar surface area (TPSA) is 90.9 Å². The number of guanidine groups is 1. The average molecular weight is 529 g/mol. The number of hydrogen-bond donors (Lipinski definition) is 2. The van der Waals surface area contributed by atoms with Crippen LogP contribution in [-0.4, -0.2) is 68.9 Å². The molecule has 0 aromatic heterocycles. The molecule has 152 valence electrons. The zero-order valence-corrected chi connectivity index (χ0v) is 19.6. The van der Waals surface area contributed by atoms with Gasteiger partial charge in [-0.05, 0) is 26.0 Å². The molecule has 1 aromatic carbocycles. The van der Waals surface area contributed by atoms with E-state index in [2.05, 4.69) is 15.6 Å². The van der Waals surface area contributed by atoms with Gasteiger partial charge in [-0.1, -0.05) is 23.7 Å². The summed E-state index contributed by atoms with van der Waals surface area (Å²) in [5.41, 5.74) is 0.432. The van der Waals surface area contributed by atoms with Crippen molar-refractivity contribution in [3.8, 4) is 0 Å². The summed E-state index contributed by atoms with van der Waals surface area (Å²) in [7, 11) is -1.45. The average Bonchev–Trinajstić information content (AvgIpc) is 2.58. The van der Waals surface area contributed by atoms with E-state index in [4.69, 9.17) is 11.6 Å². The van der Waals surface area contributed by atoms with Gasteiger partial charge in [0.2, 0.25) is 0 Å². The molecule has 0 bridgehead atoms. The Hall–Kier alpha value is -1.07. The van der Waals surface area contributed by atoms with E-state index in [1.54, 1.807) is 45.2 Å². The van der Waals surface area contributed by atoms with Gasteiger partial charge in [-0.25, -0.2) is 8.42 Å². The van der Waals surface area contributed by atoms with Gasteiger partial charge in [0, 0.05) is 33.2 Å². The lowest BCUT2D eigenvalue weighted by Crippen LogP contribution is -2.57. The highest BCUT2D eigenvalue weighted by Gasteiger charge is 2.40. The van der Waals surface area contributed by atoms with Gasteiger partial charge in [-0.3, -0.25) is 9.79 Å². The predicted octanol–water partition coefficient (Wildman–Crippen LogP) is 1.77. The van der Waals surface area contributed by atoms with Crippen LogP contribution >= 0.6 is 35.6 Å². The highest BCUT2D eigenvalue weighted by atomic mass is 127. The molecule has 2 rings (SSSR count). The molecular weight excluding hydrogens is 503 g/mol. The zero-order chi connectivity index (χ0) is 19.4. The number of halogens is 2. The second-order valence-corrected chi connectivity index (χ2v) is 9.86. The van der Waals surface area contributed by atoms with Crippen molar-refractivity contribution in [3.63, 3.8) is 0 Å². The number of amides is 1. The Bertz CT molecular complexity index is 799. The number of rotatable bonds is 4. The van der Waals surface area contributed by atoms with Crippen molar-refractivity contribution in [1.29, 1.82) is 0 Å². The molecule has 7 nitrogen and oxygen atoms in total. The Labute approximate surface area is 182 Å². The number of benzene rings is 1. The minimum Gasteiger partial charge on any atom is -0.354 e. The highest BCUT2D eigenvalue weighted by molar-refractivity contribution is 14.0. The molecule has 1 aliphatic heterocycles. The van der Waals surface area contributed by atoms with Gasteiger partial charge in [-0.2, -0.15) is 0 Å². The molecule has 1 saturated heterocycles. The Morgan fingerprint density at radius 2 is 1.89 bits per heavy atom. The summed E-state index contributed by atoms with van der Waals surface area (Å²) in [4.78, 5) is 18.3. The fraction of sp³-hybridized carbons (Fsp3) is 0.529. The molecule has 2 N–H and O–H groups in total. The maximum absolute atomic E-state index is 12.1. The van der Waals surface area contributed by atoms with E-state index in [1.165, 1.54) is 0 Å². The highest BCUT2D eigenvalue weighted by Crippen LogP contribution is 2.23. The van der Waals surface area contributed by atoms with Crippen LogP contribution < -0.4 is 10.6 Å². The molecule has 0 radical (unpaired) electrons. The first-order chi connectivity index (χ1) is 12.2. The third kappa shape index (κ3) is 5.95. The van der Waals surface area contributed by atoms with E-state index in [1.807, 2.05) is 4.90 Å². The molecule has 0 atom stereocenters. The number of nitrogens with zero attached hydrogens (tertiary/aromatic N) is 2. The summed E-state index contributed by atoms with van der Waals surface area (Å²) < 4.78 is 23.4. The second-order valence-electron chi connectivity index (χ2n) is 6.71. The largest absolute Gasteiger partial charge is 0.354 e. The van der Waals surface area contributed by atoms with Crippen LogP contribution in [0.25, 0.3) is 0 Å². The van der Waals surface area contributed by atoms with Gasteiger partial charge in [0.15, 0.2) is 15.8 Å². The summed E-state index contributed by atoms with van der Waals surface area (Å²) in [6.07, 6.45) is 0. The van der Waals surface area contributed by atoms with Crippen LogP contribution in [0.5, 0.6) is 0 Å². The van der Waals surface area contributed by atoms with Crippen LogP contribution in [0.1, 0.15) is 24.2 Å². The summed E-state index contributed by atoms with van der Waals surface area (Å²) >= 11 is 6.00. The van der Waals surface area contributed by atoms with Crippen LogP contribution in [-0.2, 0) is 9.84 Å². The lowest BCUT2D eigenvalue weighted by atomic mass is 10.2. The van der Waals surface area contributed by atoms with E-state index < -0.39 is 14.6 Å². The maximum Gasteiger partial charge on any atom is 0.252 e. The first-order valence-corrected chi connectivity index (χ1v) is 10.4. The SMILES string of the molecule is CN=C(NCCNC(=O)c1ccccc1Cl)N1CCS(=O)(=O)C(C)(C)C1.I. The second kappa shape index (κ2) is 9.92. The molecule has 1 amide bonds. The van der Waals surface area contributed by atoms with Crippen molar-refractivity contribution >= 4 is 57.3 Å². The molecule has 1 fully saturated rings. The van der Waals surface area contributed by atoms with E-state index in [0.29, 0.717) is 42.7 Å². The molecule has 0 unspecified atom stereocenters. The van der Waals surface area contributed by atoms with Crippen molar-refractivity contribution in [2.75, 3.05) is 39.0 Å². The van der Waals surface area contributed by atoms with Crippen LogP contribution in [0, 0.1) is 0 Å². The Morgan fingerprint density at radius 1 is 1.26 bits per heavy atom. The summed E-state index contributed by atoms with van der Waals surface area (Å²) in [5.74, 6) is 0.488. The van der Waals surface area contributed by atoms with Crippen LogP contribution in [0.4, 0.5) is 0 Å². The normalized spacial score (nSPS) is 18.4. The molecule has 0 aliphatic carbocycles. The lowest BCUT2D eigenvalue weighted by molar-refractivity contribution is 0.0954. The standard InChI is InChI=1S/C17H25ClN4O3S.HI/c1-17(2)12-22(10-11-26(17,24)25)16(19-3)21-9-8-20-15(23)13-6-4-5-7-14(13)18;/h4-7H,8-12H2,1-3H3,(H,19,21)(H,20,23);1H. The molecule has 1 aliphatic rings. The quantitative estimate of drug-likeness (QED) is 0.269. The van der Waals surface area contributed by atoms with E-state index in [0.717, 1.165) is 0 Å². The van der Waals surface area contributed by atoms with E-state index in [-0.39, 0.29) is 35.6 Å². The van der Waals surface area contributed by atoms with Gasteiger partial charge in [0.1, 0.15) is 0 Å².